The molecule has 1 aliphatic heterocycles. The maximum atomic E-state index is 11.0. The SMILES string of the molecule is CN(CC(=O)O)C1CCCN(c2c(C#N)cnc3ccc(Cl)cc23)CC1. The van der Waals surface area contributed by atoms with Crippen LogP contribution in [-0.2, 0) is 4.79 Å². The Morgan fingerprint density at radius 2 is 2.27 bits per heavy atom. The predicted molar refractivity (Wildman–Crippen MR) is 102 cm³/mol. The molecular formula is C19H21ClN4O2. The molecule has 26 heavy (non-hydrogen) atoms. The van der Waals surface area contributed by atoms with Gasteiger partial charge in [0.2, 0.25) is 0 Å². The second-order valence-corrected chi connectivity index (χ2v) is 7.11. The standard InChI is InChI=1S/C19H21ClN4O2/c1-23(12-18(25)26)15-3-2-7-24(8-6-15)19-13(10-21)11-22-17-5-4-14(20)9-16(17)19/h4-5,9,11,15H,2-3,6-8,12H2,1H3,(H,25,26). The Hall–Kier alpha value is -2.36. The number of halogens is 1. The largest absolute Gasteiger partial charge is 0.480 e. The van der Waals surface area contributed by atoms with Crippen LogP contribution in [0.3, 0.4) is 0 Å². The van der Waals surface area contributed by atoms with Crippen molar-refractivity contribution in [3.05, 3.63) is 35.0 Å². The van der Waals surface area contributed by atoms with E-state index in [1.54, 1.807) is 12.3 Å². The number of carboxylic acid groups (broad SMARTS) is 1. The summed E-state index contributed by atoms with van der Waals surface area (Å²) in [5.41, 5.74) is 2.23. The van der Waals surface area contributed by atoms with E-state index in [4.69, 9.17) is 16.7 Å². The first kappa shape index (κ1) is 18.4. The van der Waals surface area contributed by atoms with Crippen molar-refractivity contribution >= 4 is 34.2 Å². The highest BCUT2D eigenvalue weighted by atomic mass is 35.5. The van der Waals surface area contributed by atoms with Crippen LogP contribution in [0.2, 0.25) is 5.02 Å². The minimum Gasteiger partial charge on any atom is -0.480 e. The van der Waals surface area contributed by atoms with Crippen LogP contribution in [0, 0.1) is 11.3 Å². The Morgan fingerprint density at radius 1 is 1.46 bits per heavy atom. The van der Waals surface area contributed by atoms with Crippen LogP contribution in [0.25, 0.3) is 10.9 Å². The molecule has 136 valence electrons. The van der Waals surface area contributed by atoms with Gasteiger partial charge in [-0.15, -0.1) is 0 Å². The Morgan fingerprint density at radius 3 is 3.00 bits per heavy atom. The molecule has 1 aliphatic rings. The molecule has 7 heteroatoms. The Kier molecular flexibility index (Phi) is 5.60. The lowest BCUT2D eigenvalue weighted by atomic mass is 10.1. The molecule has 1 atom stereocenters. The van der Waals surface area contributed by atoms with E-state index in [-0.39, 0.29) is 12.6 Å². The van der Waals surface area contributed by atoms with E-state index < -0.39 is 5.97 Å². The molecule has 1 aromatic carbocycles. The molecule has 2 heterocycles. The molecule has 0 spiro atoms. The number of carboxylic acids is 1. The number of hydrogen-bond acceptors (Lipinski definition) is 5. The maximum Gasteiger partial charge on any atom is 0.317 e. The van der Waals surface area contributed by atoms with E-state index in [2.05, 4.69) is 16.0 Å². The molecule has 1 fully saturated rings. The molecule has 0 aliphatic carbocycles. The first-order chi connectivity index (χ1) is 12.5. The third-order valence-corrected chi connectivity index (χ3v) is 5.18. The number of fused-ring (bicyclic) bond motifs is 1. The summed E-state index contributed by atoms with van der Waals surface area (Å²) in [7, 11) is 1.86. The average molecular weight is 373 g/mol. The van der Waals surface area contributed by atoms with Gasteiger partial charge in [0.1, 0.15) is 6.07 Å². The lowest BCUT2D eigenvalue weighted by Crippen LogP contribution is -2.36. The molecule has 0 radical (unpaired) electrons. The minimum atomic E-state index is -0.810. The molecule has 1 N–H and O–H groups in total. The van der Waals surface area contributed by atoms with Gasteiger partial charge in [-0.25, -0.2) is 0 Å². The van der Waals surface area contributed by atoms with Crippen LogP contribution < -0.4 is 4.90 Å². The van der Waals surface area contributed by atoms with Gasteiger partial charge < -0.3 is 10.0 Å². The lowest BCUT2D eigenvalue weighted by molar-refractivity contribution is -0.138. The molecule has 1 unspecified atom stereocenters. The fourth-order valence-corrected chi connectivity index (χ4v) is 3.83. The molecular weight excluding hydrogens is 352 g/mol. The maximum absolute atomic E-state index is 11.0. The number of pyridine rings is 1. The van der Waals surface area contributed by atoms with E-state index in [1.807, 2.05) is 24.1 Å². The van der Waals surface area contributed by atoms with Crippen molar-refractivity contribution in [1.29, 1.82) is 5.26 Å². The van der Waals surface area contributed by atoms with Gasteiger partial charge >= 0.3 is 5.97 Å². The topological polar surface area (TPSA) is 80.5 Å². The number of hydrogen-bond donors (Lipinski definition) is 1. The molecule has 0 bridgehead atoms. The first-order valence-electron chi connectivity index (χ1n) is 8.65. The summed E-state index contributed by atoms with van der Waals surface area (Å²) in [6.07, 6.45) is 4.33. The summed E-state index contributed by atoms with van der Waals surface area (Å²) in [5.74, 6) is -0.810. The molecule has 1 aromatic heterocycles. The summed E-state index contributed by atoms with van der Waals surface area (Å²) >= 11 is 6.18. The summed E-state index contributed by atoms with van der Waals surface area (Å²) in [6.45, 7) is 1.62. The number of benzene rings is 1. The van der Waals surface area contributed by atoms with E-state index in [0.29, 0.717) is 10.6 Å². The van der Waals surface area contributed by atoms with Crippen LogP contribution in [0.5, 0.6) is 0 Å². The second kappa shape index (κ2) is 7.90. The number of nitriles is 1. The first-order valence-corrected chi connectivity index (χ1v) is 9.02. The minimum absolute atomic E-state index is 0.0436. The van der Waals surface area contributed by atoms with Gasteiger partial charge in [-0.1, -0.05) is 11.6 Å². The molecule has 3 rings (SSSR count). The van der Waals surface area contributed by atoms with E-state index in [0.717, 1.165) is 48.9 Å². The van der Waals surface area contributed by atoms with E-state index in [9.17, 15) is 10.1 Å². The number of carbonyl (C=O) groups is 1. The second-order valence-electron chi connectivity index (χ2n) is 6.67. The van der Waals surface area contributed by atoms with Gasteiger partial charge in [0.15, 0.2) is 0 Å². The number of rotatable bonds is 4. The Balaban J connectivity index is 1.91. The van der Waals surface area contributed by atoms with E-state index >= 15 is 0 Å². The highest BCUT2D eigenvalue weighted by Crippen LogP contribution is 2.33. The summed E-state index contributed by atoms with van der Waals surface area (Å²) in [6, 6.07) is 7.99. The molecule has 2 aromatic rings. The summed E-state index contributed by atoms with van der Waals surface area (Å²) < 4.78 is 0. The summed E-state index contributed by atoms with van der Waals surface area (Å²) in [4.78, 5) is 19.5. The molecule has 6 nitrogen and oxygen atoms in total. The van der Waals surface area contributed by atoms with Gasteiger partial charge in [0.25, 0.3) is 0 Å². The zero-order valence-electron chi connectivity index (χ0n) is 14.7. The molecule has 0 saturated carbocycles. The zero-order valence-corrected chi connectivity index (χ0v) is 15.4. The van der Waals surface area contributed by atoms with Crippen molar-refractivity contribution in [2.24, 2.45) is 0 Å². The monoisotopic (exact) mass is 372 g/mol. The normalized spacial score (nSPS) is 17.9. The van der Waals surface area contributed by atoms with Crippen LogP contribution >= 0.6 is 11.6 Å². The van der Waals surface area contributed by atoms with Crippen molar-refractivity contribution in [2.75, 3.05) is 31.6 Å². The number of aliphatic carboxylic acids is 1. The fraction of sp³-hybridized carbons (Fsp3) is 0.421. The van der Waals surface area contributed by atoms with Gasteiger partial charge in [0.05, 0.1) is 23.3 Å². The van der Waals surface area contributed by atoms with Crippen LogP contribution in [-0.4, -0.2) is 53.7 Å². The van der Waals surface area contributed by atoms with Crippen LogP contribution in [0.1, 0.15) is 24.8 Å². The summed E-state index contributed by atoms with van der Waals surface area (Å²) in [5, 5.41) is 20.1. The van der Waals surface area contributed by atoms with Gasteiger partial charge in [-0.05, 0) is 44.5 Å². The highest BCUT2D eigenvalue weighted by molar-refractivity contribution is 6.31. The van der Waals surface area contributed by atoms with Crippen molar-refractivity contribution in [2.45, 2.75) is 25.3 Å². The Bertz CT molecular complexity index is 864. The highest BCUT2D eigenvalue weighted by Gasteiger charge is 2.24. The number of nitrogens with zero attached hydrogens (tertiary/aromatic N) is 4. The van der Waals surface area contributed by atoms with Crippen molar-refractivity contribution < 1.29 is 9.90 Å². The van der Waals surface area contributed by atoms with Crippen molar-refractivity contribution in [1.82, 2.24) is 9.88 Å². The third-order valence-electron chi connectivity index (χ3n) is 4.94. The van der Waals surface area contributed by atoms with E-state index in [1.165, 1.54) is 0 Å². The fourth-order valence-electron chi connectivity index (χ4n) is 3.66. The lowest BCUT2D eigenvalue weighted by Gasteiger charge is -2.27. The molecule has 0 amide bonds. The average Bonchev–Trinajstić information content (AvgIpc) is 2.86. The van der Waals surface area contributed by atoms with Crippen molar-refractivity contribution in [3.8, 4) is 6.07 Å². The number of likely N-dealkylation sites (N-methyl/N-ethyl adjacent to an activating group) is 1. The van der Waals surface area contributed by atoms with Crippen molar-refractivity contribution in [3.63, 3.8) is 0 Å². The van der Waals surface area contributed by atoms with Crippen LogP contribution in [0.15, 0.2) is 24.4 Å². The predicted octanol–water partition coefficient (Wildman–Crippen LogP) is 3.14. The number of aromatic nitrogens is 1. The van der Waals surface area contributed by atoms with Gasteiger partial charge in [-0.2, -0.15) is 5.26 Å². The molecule has 1 saturated heterocycles. The zero-order chi connectivity index (χ0) is 18.7. The van der Waals surface area contributed by atoms with Crippen LogP contribution in [0.4, 0.5) is 5.69 Å². The van der Waals surface area contributed by atoms with Gasteiger partial charge in [0, 0.05) is 35.7 Å². The number of anilines is 1. The van der Waals surface area contributed by atoms with Gasteiger partial charge in [-0.3, -0.25) is 14.7 Å². The quantitative estimate of drug-likeness (QED) is 0.888. The third kappa shape index (κ3) is 3.90. The Labute approximate surface area is 157 Å². The smallest absolute Gasteiger partial charge is 0.317 e.